The topological polar surface area (TPSA) is 204 Å². The highest BCUT2D eigenvalue weighted by Crippen LogP contribution is 2.46. The van der Waals surface area contributed by atoms with E-state index in [1.165, 1.54) is 10.6 Å². The van der Waals surface area contributed by atoms with E-state index in [9.17, 15) is 24.7 Å². The molecule has 3 heterocycles. The predicted molar refractivity (Wildman–Crippen MR) is 78.7 cm³/mol. The van der Waals surface area contributed by atoms with E-state index in [1.54, 1.807) is 0 Å². The maximum absolute atomic E-state index is 11.8. The Kier molecular flexibility index (Phi) is 4.00. The zero-order chi connectivity index (χ0) is 17.8. The summed E-state index contributed by atoms with van der Waals surface area (Å²) >= 11 is 0. The number of aromatic nitrogens is 3. The molecule has 132 valence electrons. The fourth-order valence-electron chi connectivity index (χ4n) is 2.62. The van der Waals surface area contributed by atoms with Gasteiger partial charge in [0.05, 0.1) is 11.8 Å². The summed E-state index contributed by atoms with van der Waals surface area (Å²) < 4.78 is 17.6. The Bertz CT molecular complexity index is 875. The minimum absolute atomic E-state index is 0.00604. The molecule has 0 aliphatic carbocycles. The summed E-state index contributed by atoms with van der Waals surface area (Å²) in [4.78, 5) is 36.0. The highest BCUT2D eigenvalue weighted by molar-refractivity contribution is 7.52. The number of hydrogen-bond donors (Lipinski definition) is 7. The maximum Gasteiger partial charge on any atom is 0.356 e. The molecule has 1 fully saturated rings. The van der Waals surface area contributed by atoms with Crippen LogP contribution >= 0.6 is 7.60 Å². The molecule has 0 aromatic carbocycles. The summed E-state index contributed by atoms with van der Waals surface area (Å²) in [5.74, 6) is -2.30. The Morgan fingerprint density at radius 1 is 1.38 bits per heavy atom. The molecule has 0 bridgehead atoms. The van der Waals surface area contributed by atoms with Gasteiger partial charge in [0.1, 0.15) is 24.1 Å². The molecule has 0 amide bonds. The van der Waals surface area contributed by atoms with Crippen molar-refractivity contribution in [2.45, 2.75) is 30.4 Å². The molecule has 1 unspecified atom stereocenters. The summed E-state index contributed by atoms with van der Waals surface area (Å²) in [6.45, 7) is 0. The molecule has 0 spiro atoms. The number of aromatic amines is 1. The van der Waals surface area contributed by atoms with Gasteiger partial charge in [-0.15, -0.1) is 0 Å². The van der Waals surface area contributed by atoms with Crippen LogP contribution in [0, 0.1) is 0 Å². The van der Waals surface area contributed by atoms with Gasteiger partial charge in [0, 0.05) is 6.07 Å². The smallest absolute Gasteiger partial charge is 0.356 e. The molecule has 1 aliphatic heterocycles. The lowest BCUT2D eigenvalue weighted by Gasteiger charge is -2.21. The first kappa shape index (κ1) is 17.0. The van der Waals surface area contributed by atoms with E-state index in [1.807, 2.05) is 0 Å². The van der Waals surface area contributed by atoms with Crippen LogP contribution in [0.1, 0.15) is 6.23 Å². The van der Waals surface area contributed by atoms with Gasteiger partial charge in [-0.25, -0.2) is 4.98 Å². The molecule has 0 saturated carbocycles. The second-order valence-electron chi connectivity index (χ2n) is 5.41. The predicted octanol–water partition coefficient (Wildman–Crippen LogP) is -2.58. The van der Waals surface area contributed by atoms with Crippen molar-refractivity contribution >= 4 is 24.4 Å². The third kappa shape index (κ3) is 2.63. The molecule has 13 heteroatoms. The number of nitrogens with two attached hydrogens (primary N) is 1. The van der Waals surface area contributed by atoms with Crippen LogP contribution in [0.5, 0.6) is 0 Å². The van der Waals surface area contributed by atoms with E-state index in [0.717, 1.165) is 6.33 Å². The molecule has 8 N–H and O–H groups in total. The zero-order valence-electron chi connectivity index (χ0n) is 11.9. The van der Waals surface area contributed by atoms with E-state index in [4.69, 9.17) is 20.3 Å². The molecular weight excluding hydrogens is 347 g/mol. The fraction of sp³-hybridized carbons (Fsp3) is 0.455. The summed E-state index contributed by atoms with van der Waals surface area (Å²) in [7, 11) is -4.98. The Morgan fingerprint density at radius 2 is 2.04 bits per heavy atom. The van der Waals surface area contributed by atoms with Gasteiger partial charge in [-0.3, -0.25) is 9.36 Å². The lowest BCUT2D eigenvalue weighted by molar-refractivity contribution is -0.0662. The second-order valence-corrected chi connectivity index (χ2v) is 7.12. The normalized spacial score (nSPS) is 29.2. The van der Waals surface area contributed by atoms with Crippen LogP contribution in [0.25, 0.3) is 11.0 Å². The average molecular weight is 362 g/mol. The summed E-state index contributed by atoms with van der Waals surface area (Å²) in [5, 5.41) is 29.7. The molecule has 1 saturated heterocycles. The second kappa shape index (κ2) is 5.63. The number of anilines is 1. The first-order valence-corrected chi connectivity index (χ1v) is 8.39. The number of fused-ring (bicyclic) bond motifs is 1. The van der Waals surface area contributed by atoms with Crippen LogP contribution in [-0.2, 0) is 9.30 Å². The van der Waals surface area contributed by atoms with Crippen molar-refractivity contribution < 1.29 is 34.4 Å². The highest BCUT2D eigenvalue weighted by Gasteiger charge is 2.51. The molecular formula is C11H15N4O8P. The van der Waals surface area contributed by atoms with Crippen molar-refractivity contribution in [3.8, 4) is 0 Å². The number of aliphatic hydroxyl groups is 3. The number of rotatable bonds is 3. The van der Waals surface area contributed by atoms with Gasteiger partial charge in [0.25, 0.3) is 5.56 Å². The number of imidazole rings is 1. The van der Waals surface area contributed by atoms with Crippen molar-refractivity contribution in [3.05, 3.63) is 22.7 Å². The van der Waals surface area contributed by atoms with E-state index in [2.05, 4.69) is 9.97 Å². The quantitative estimate of drug-likeness (QED) is 0.284. The molecule has 5 atom stereocenters. The Morgan fingerprint density at radius 3 is 2.67 bits per heavy atom. The number of nitrogen functional groups attached to an aromatic ring is 1. The number of H-pyrrole nitrogens is 1. The Hall–Kier alpha value is -1.79. The number of pyridine rings is 1. The minimum atomic E-state index is -4.98. The van der Waals surface area contributed by atoms with Crippen molar-refractivity contribution in [1.29, 1.82) is 0 Å². The van der Waals surface area contributed by atoms with Crippen molar-refractivity contribution in [1.82, 2.24) is 14.5 Å². The van der Waals surface area contributed by atoms with Crippen molar-refractivity contribution in [2.75, 3.05) is 5.73 Å². The largest absolute Gasteiger partial charge is 0.387 e. The number of ether oxygens (including phenoxy) is 1. The van der Waals surface area contributed by atoms with E-state index < -0.39 is 43.5 Å². The first-order valence-electron chi connectivity index (χ1n) is 6.71. The standard InChI is InChI=1S/C11H15N4O8P/c12-4-1-3-5(9(18)14-4)13-2-15(3)10-7(17)6(16)8(23-10)11(19)24(20,21)22/h1-2,6-8,10-11,16-17,19H,(H3,12,14,18)(H2,20,21,22)/t6-,7+,8-,10+,11?/m0/s1. The lowest BCUT2D eigenvalue weighted by atomic mass is 10.1. The number of nitrogens with one attached hydrogen (secondary N) is 1. The van der Waals surface area contributed by atoms with Gasteiger partial charge in [-0.05, 0) is 0 Å². The van der Waals surface area contributed by atoms with Gasteiger partial charge < -0.3 is 45.1 Å². The third-order valence-corrected chi connectivity index (χ3v) is 4.77. The third-order valence-electron chi connectivity index (χ3n) is 3.79. The molecule has 24 heavy (non-hydrogen) atoms. The van der Waals surface area contributed by atoms with Crippen LogP contribution < -0.4 is 11.3 Å². The van der Waals surface area contributed by atoms with Gasteiger partial charge in [0.15, 0.2) is 17.6 Å². The minimum Gasteiger partial charge on any atom is -0.387 e. The molecule has 3 rings (SSSR count). The SMILES string of the molecule is Nc1cc2c(ncn2[C@@H]2O[C@H](C(O)P(=O)(O)O)[C@@H](O)[C@H]2O)c(=O)[nH]1. The summed E-state index contributed by atoms with van der Waals surface area (Å²) in [6, 6.07) is 1.35. The highest BCUT2D eigenvalue weighted by atomic mass is 31.2. The zero-order valence-corrected chi connectivity index (χ0v) is 12.8. The first-order chi connectivity index (χ1) is 11.1. The van der Waals surface area contributed by atoms with E-state index in [-0.39, 0.29) is 16.9 Å². The molecule has 2 aromatic rings. The van der Waals surface area contributed by atoms with E-state index >= 15 is 0 Å². The van der Waals surface area contributed by atoms with Crippen LogP contribution in [-0.4, -0.2) is 63.8 Å². The van der Waals surface area contributed by atoms with Crippen LogP contribution in [0.15, 0.2) is 17.2 Å². The monoisotopic (exact) mass is 362 g/mol. The average Bonchev–Trinajstić information content (AvgIpc) is 3.00. The van der Waals surface area contributed by atoms with Crippen LogP contribution in [0.2, 0.25) is 0 Å². The molecule has 2 aromatic heterocycles. The molecule has 0 radical (unpaired) electrons. The summed E-state index contributed by atoms with van der Waals surface area (Å²) in [6.07, 6.45) is -5.32. The van der Waals surface area contributed by atoms with Crippen molar-refractivity contribution in [3.63, 3.8) is 0 Å². The lowest BCUT2D eigenvalue weighted by Crippen LogP contribution is -2.38. The van der Waals surface area contributed by atoms with Crippen molar-refractivity contribution in [2.24, 2.45) is 0 Å². The fourth-order valence-corrected chi connectivity index (χ4v) is 3.25. The Labute approximate surface area is 133 Å². The van der Waals surface area contributed by atoms with Crippen LogP contribution in [0.3, 0.4) is 0 Å². The number of hydrogen-bond acceptors (Lipinski definition) is 8. The Balaban J connectivity index is 2.02. The number of aliphatic hydroxyl groups excluding tert-OH is 3. The van der Waals surface area contributed by atoms with Gasteiger partial charge in [0.2, 0.25) is 0 Å². The molecule has 1 aliphatic rings. The number of nitrogens with zero attached hydrogens (tertiary/aromatic N) is 2. The van der Waals surface area contributed by atoms with Crippen LogP contribution in [0.4, 0.5) is 5.82 Å². The maximum atomic E-state index is 11.8. The van der Waals surface area contributed by atoms with E-state index in [0.29, 0.717) is 0 Å². The molecule has 12 nitrogen and oxygen atoms in total. The summed E-state index contributed by atoms with van der Waals surface area (Å²) in [5.41, 5.74) is 5.15. The van der Waals surface area contributed by atoms with Gasteiger partial charge in [-0.2, -0.15) is 0 Å². The van der Waals surface area contributed by atoms with Gasteiger partial charge >= 0.3 is 7.60 Å². The van der Waals surface area contributed by atoms with Gasteiger partial charge in [-0.1, -0.05) is 0 Å².